The van der Waals surface area contributed by atoms with Crippen LogP contribution in [0.5, 0.6) is 0 Å². The third-order valence-corrected chi connectivity index (χ3v) is 5.24. The average Bonchev–Trinajstić information content (AvgIpc) is 3.14. The molecule has 3 rings (SSSR count). The lowest BCUT2D eigenvalue weighted by Crippen LogP contribution is -2.27. The van der Waals surface area contributed by atoms with E-state index in [1.54, 1.807) is 11.1 Å². The van der Waals surface area contributed by atoms with Crippen LogP contribution in [0, 0.1) is 23.3 Å². The number of aromatic nitrogens is 1. The molecule has 118 valence electrons. The van der Waals surface area contributed by atoms with E-state index in [1.165, 1.54) is 11.3 Å². The van der Waals surface area contributed by atoms with E-state index >= 15 is 0 Å². The number of nitriles is 1. The maximum Gasteiger partial charge on any atom is 0.231 e. The largest absolute Gasteiger partial charge is 0.310 e. The molecule has 5 nitrogen and oxygen atoms in total. The monoisotopic (exact) mass is 346 g/mol. The highest BCUT2D eigenvalue weighted by Gasteiger charge is 2.34. The summed E-state index contributed by atoms with van der Waals surface area (Å²) in [6.07, 6.45) is 3.81. The Hall–Kier alpha value is -2.10. The van der Waals surface area contributed by atoms with Crippen LogP contribution >= 0.6 is 22.9 Å². The Bertz CT molecular complexity index is 769. The predicted molar refractivity (Wildman–Crippen MR) is 91.0 cm³/mol. The van der Waals surface area contributed by atoms with Crippen molar-refractivity contribution in [2.75, 3.05) is 18.4 Å². The molecule has 1 aliphatic rings. The number of nitrogens with one attached hydrogen (secondary N) is 1. The minimum Gasteiger partial charge on any atom is -0.310 e. The number of benzene rings is 1. The summed E-state index contributed by atoms with van der Waals surface area (Å²) in [7, 11) is 0. The molecule has 0 radical (unpaired) electrons. The predicted octanol–water partition coefficient (Wildman–Crippen LogP) is 3.45. The molecule has 0 aliphatic carbocycles. The van der Waals surface area contributed by atoms with Crippen molar-refractivity contribution < 1.29 is 4.79 Å². The lowest BCUT2D eigenvalue weighted by atomic mass is 9.97. The summed E-state index contributed by atoms with van der Waals surface area (Å²) in [6.45, 7) is 3.07. The molecule has 0 unspecified atom stereocenters. The fourth-order valence-corrected chi connectivity index (χ4v) is 3.86. The van der Waals surface area contributed by atoms with E-state index in [0.717, 1.165) is 10.4 Å². The van der Waals surface area contributed by atoms with Crippen molar-refractivity contribution in [2.45, 2.75) is 6.92 Å². The molecule has 1 saturated heterocycles. The Kier molecular flexibility index (Phi) is 4.51. The first-order chi connectivity index (χ1) is 11.1. The fraction of sp³-hybridized carbons (Fsp3) is 0.312. The molecule has 0 spiro atoms. The Balaban J connectivity index is 1.71. The number of hydrogen-bond acceptors (Lipinski definition) is 5. The van der Waals surface area contributed by atoms with Gasteiger partial charge in [-0.15, -0.1) is 0 Å². The summed E-state index contributed by atoms with van der Waals surface area (Å²) in [4.78, 5) is 19.2. The summed E-state index contributed by atoms with van der Waals surface area (Å²) in [5, 5.41) is 13.0. The Morgan fingerprint density at radius 2 is 2.26 bits per heavy atom. The maximum absolute atomic E-state index is 12.4. The highest BCUT2D eigenvalue weighted by atomic mass is 35.5. The summed E-state index contributed by atoms with van der Waals surface area (Å²) in [6, 6.07) is 7.53. The lowest BCUT2D eigenvalue weighted by Gasteiger charge is -2.11. The third-order valence-electron chi connectivity index (χ3n) is 3.97. The number of carbonyl (C=O) groups is 1. The first-order valence-electron chi connectivity index (χ1n) is 7.24. The van der Waals surface area contributed by atoms with Crippen LogP contribution in [0.3, 0.4) is 0 Å². The van der Waals surface area contributed by atoms with Gasteiger partial charge >= 0.3 is 0 Å². The molecule has 0 saturated carbocycles. The first-order valence-corrected chi connectivity index (χ1v) is 8.44. The van der Waals surface area contributed by atoms with Crippen LogP contribution < -0.4 is 5.32 Å². The van der Waals surface area contributed by atoms with Gasteiger partial charge in [-0.25, -0.2) is 4.98 Å². The average molecular weight is 347 g/mol. The second-order valence-electron chi connectivity index (χ2n) is 5.59. The van der Waals surface area contributed by atoms with Crippen molar-refractivity contribution >= 4 is 34.0 Å². The summed E-state index contributed by atoms with van der Waals surface area (Å²) in [5.74, 6) is -0.129. The van der Waals surface area contributed by atoms with Crippen LogP contribution in [0.15, 0.2) is 30.5 Å². The van der Waals surface area contributed by atoms with Crippen molar-refractivity contribution in [3.05, 3.63) is 35.5 Å². The van der Waals surface area contributed by atoms with Gasteiger partial charge in [0.2, 0.25) is 5.91 Å². The minimum atomic E-state index is -0.192. The van der Waals surface area contributed by atoms with Gasteiger partial charge in [-0.1, -0.05) is 48.1 Å². The molecule has 7 heteroatoms. The van der Waals surface area contributed by atoms with E-state index in [9.17, 15) is 4.79 Å². The van der Waals surface area contributed by atoms with Crippen molar-refractivity contribution in [3.63, 3.8) is 0 Å². The van der Waals surface area contributed by atoms with Crippen LogP contribution in [-0.4, -0.2) is 28.9 Å². The minimum absolute atomic E-state index is 0.0877. The summed E-state index contributed by atoms with van der Waals surface area (Å²) >= 11 is 7.57. The normalized spacial score (nSPS) is 20.3. The molecule has 1 N–H and O–H groups in total. The van der Waals surface area contributed by atoms with Gasteiger partial charge in [0.15, 0.2) is 11.3 Å². The third kappa shape index (κ3) is 3.31. The molecular formula is C16H15ClN4OS. The van der Waals surface area contributed by atoms with Gasteiger partial charge in [-0.2, -0.15) is 5.26 Å². The zero-order valence-electron chi connectivity index (χ0n) is 12.5. The van der Waals surface area contributed by atoms with Crippen molar-refractivity contribution in [2.24, 2.45) is 11.8 Å². The number of likely N-dealkylation sites (tertiary alicyclic amines) is 1. The topological polar surface area (TPSA) is 69.0 Å². The van der Waals surface area contributed by atoms with Crippen molar-refractivity contribution in [1.82, 2.24) is 9.88 Å². The molecule has 0 bridgehead atoms. The number of rotatable bonds is 3. The molecular weight excluding hydrogens is 332 g/mol. The van der Waals surface area contributed by atoms with E-state index in [4.69, 9.17) is 16.9 Å². The second kappa shape index (κ2) is 6.57. The highest BCUT2D eigenvalue weighted by Crippen LogP contribution is 2.34. The first kappa shape index (κ1) is 15.8. The van der Waals surface area contributed by atoms with E-state index in [1.807, 2.05) is 31.2 Å². The molecule has 1 aromatic carbocycles. The Morgan fingerprint density at radius 1 is 1.48 bits per heavy atom. The van der Waals surface area contributed by atoms with Gasteiger partial charge in [0.1, 0.15) is 0 Å². The van der Waals surface area contributed by atoms with E-state index in [2.05, 4.69) is 16.5 Å². The van der Waals surface area contributed by atoms with Crippen LogP contribution in [0.25, 0.3) is 10.4 Å². The quantitative estimate of drug-likeness (QED) is 0.864. The molecule has 2 atom stereocenters. The van der Waals surface area contributed by atoms with Crippen LogP contribution in [-0.2, 0) is 4.79 Å². The zero-order valence-corrected chi connectivity index (χ0v) is 14.1. The van der Waals surface area contributed by atoms with Crippen LogP contribution in [0.1, 0.15) is 6.92 Å². The molecule has 1 fully saturated rings. The molecule has 1 aliphatic heterocycles. The number of halogens is 1. The number of carbonyl (C=O) groups excluding carboxylic acids is 1. The molecule has 2 aromatic rings. The SMILES string of the molecule is C[C@@H]1CN(C#N)C[C@H]1C(=O)Nc1ncc(-c2ccccc2Cl)s1. The van der Waals surface area contributed by atoms with E-state index < -0.39 is 0 Å². The van der Waals surface area contributed by atoms with Gasteiger partial charge in [-0.3, -0.25) is 4.79 Å². The lowest BCUT2D eigenvalue weighted by molar-refractivity contribution is -0.120. The van der Waals surface area contributed by atoms with E-state index in [-0.39, 0.29) is 17.7 Å². The van der Waals surface area contributed by atoms with Gasteiger partial charge in [0.05, 0.1) is 10.8 Å². The maximum atomic E-state index is 12.4. The molecule has 2 heterocycles. The molecule has 23 heavy (non-hydrogen) atoms. The fourth-order valence-electron chi connectivity index (χ4n) is 2.71. The molecule has 1 aromatic heterocycles. The smallest absolute Gasteiger partial charge is 0.231 e. The summed E-state index contributed by atoms with van der Waals surface area (Å²) in [5.41, 5.74) is 0.900. The zero-order chi connectivity index (χ0) is 16.4. The van der Waals surface area contributed by atoms with Gasteiger partial charge in [0, 0.05) is 29.9 Å². The number of hydrogen-bond donors (Lipinski definition) is 1. The Morgan fingerprint density at radius 3 is 2.96 bits per heavy atom. The Labute approximate surface area is 143 Å². The van der Waals surface area contributed by atoms with Crippen LogP contribution in [0.2, 0.25) is 5.02 Å². The number of anilines is 1. The molecule has 1 amide bonds. The standard InChI is InChI=1S/C16H15ClN4OS/c1-10-7-21(9-18)8-12(10)15(22)20-16-19-6-14(23-16)11-4-2-3-5-13(11)17/h2-6,10,12H,7-8H2,1H3,(H,19,20,22)/t10-,12-/m1/s1. The second-order valence-corrected chi connectivity index (χ2v) is 7.03. The van der Waals surface area contributed by atoms with Gasteiger partial charge in [-0.05, 0) is 12.0 Å². The highest BCUT2D eigenvalue weighted by molar-refractivity contribution is 7.19. The number of amides is 1. The van der Waals surface area contributed by atoms with Gasteiger partial charge in [0.25, 0.3) is 0 Å². The number of thiazole rings is 1. The van der Waals surface area contributed by atoms with Crippen molar-refractivity contribution in [3.8, 4) is 16.6 Å². The van der Waals surface area contributed by atoms with Crippen molar-refractivity contribution in [1.29, 1.82) is 5.26 Å². The number of nitrogens with zero attached hydrogens (tertiary/aromatic N) is 3. The van der Waals surface area contributed by atoms with E-state index in [0.29, 0.717) is 23.2 Å². The van der Waals surface area contributed by atoms with Gasteiger partial charge < -0.3 is 10.2 Å². The van der Waals surface area contributed by atoms with Crippen LogP contribution in [0.4, 0.5) is 5.13 Å². The summed E-state index contributed by atoms with van der Waals surface area (Å²) < 4.78 is 0.